The Kier molecular flexibility index (Phi) is 3.98. The normalized spacial score (nSPS) is 10.6. The van der Waals surface area contributed by atoms with Crippen LogP contribution in [0.25, 0.3) is 16.8 Å². The molecule has 112 valence electrons. The summed E-state index contributed by atoms with van der Waals surface area (Å²) in [7, 11) is 1.28. The molecule has 0 spiro atoms. The number of carbonyl (C=O) groups excluding carboxylic acids is 1. The largest absolute Gasteiger partial charge is 0.508 e. The third-order valence-electron chi connectivity index (χ3n) is 3.20. The quantitative estimate of drug-likeness (QED) is 0.687. The molecule has 0 saturated heterocycles. The summed E-state index contributed by atoms with van der Waals surface area (Å²) >= 11 is 6.07. The van der Waals surface area contributed by atoms with Gasteiger partial charge in [-0.15, -0.1) is 0 Å². The number of halogens is 1. The Balaban J connectivity index is 2.04. The van der Waals surface area contributed by atoms with Crippen molar-refractivity contribution in [3.05, 3.63) is 59.5 Å². The van der Waals surface area contributed by atoms with Crippen molar-refractivity contribution < 1.29 is 14.3 Å². The highest BCUT2D eigenvalue weighted by molar-refractivity contribution is 6.30. The molecule has 0 fully saturated rings. The first-order valence-corrected chi connectivity index (χ1v) is 6.97. The predicted molar refractivity (Wildman–Crippen MR) is 82.8 cm³/mol. The highest BCUT2D eigenvalue weighted by atomic mass is 35.5. The summed E-state index contributed by atoms with van der Waals surface area (Å²) in [5.41, 5.74) is 3.50. The van der Waals surface area contributed by atoms with Crippen LogP contribution in [0.4, 0.5) is 4.79 Å². The molecule has 0 aliphatic heterocycles. The Morgan fingerprint density at radius 1 is 1.36 bits per heavy atom. The smallest absolute Gasteiger partial charge is 0.438 e. The molecule has 0 radical (unpaired) electrons. The Labute approximate surface area is 132 Å². The maximum absolute atomic E-state index is 11.1. The van der Waals surface area contributed by atoms with E-state index in [0.29, 0.717) is 5.02 Å². The molecular weight excluding hydrogens is 304 g/mol. The third-order valence-corrected chi connectivity index (χ3v) is 3.44. The van der Waals surface area contributed by atoms with E-state index in [-0.39, 0.29) is 6.61 Å². The van der Waals surface area contributed by atoms with Gasteiger partial charge in [0.05, 0.1) is 7.11 Å². The van der Waals surface area contributed by atoms with Gasteiger partial charge in [-0.25, -0.2) is 9.78 Å². The van der Waals surface area contributed by atoms with Crippen molar-refractivity contribution in [3.8, 4) is 11.1 Å². The molecule has 0 unspecified atom stereocenters. The zero-order valence-corrected chi connectivity index (χ0v) is 12.6. The molecule has 1 aromatic carbocycles. The molecule has 3 rings (SSSR count). The van der Waals surface area contributed by atoms with E-state index in [1.807, 2.05) is 47.1 Å². The topological polar surface area (TPSA) is 52.8 Å². The molecule has 0 aliphatic carbocycles. The van der Waals surface area contributed by atoms with Gasteiger partial charge in [0.25, 0.3) is 0 Å². The van der Waals surface area contributed by atoms with Crippen LogP contribution in [-0.4, -0.2) is 22.6 Å². The summed E-state index contributed by atoms with van der Waals surface area (Å²) in [6.07, 6.45) is 4.70. The second kappa shape index (κ2) is 6.07. The molecular formula is C16H13ClN2O3. The summed E-state index contributed by atoms with van der Waals surface area (Å²) in [6, 6.07) is 9.46. The third kappa shape index (κ3) is 2.89. The number of nitrogens with zero attached hydrogens (tertiary/aromatic N) is 2. The molecule has 2 aromatic heterocycles. The molecule has 6 heteroatoms. The van der Waals surface area contributed by atoms with Crippen LogP contribution in [0.15, 0.2) is 48.9 Å². The van der Waals surface area contributed by atoms with Gasteiger partial charge >= 0.3 is 6.16 Å². The van der Waals surface area contributed by atoms with Gasteiger partial charge in [-0.05, 0) is 23.8 Å². The molecule has 0 atom stereocenters. The minimum atomic E-state index is -0.713. The molecule has 3 aromatic rings. The number of benzene rings is 1. The van der Waals surface area contributed by atoms with Crippen LogP contribution in [0.3, 0.4) is 0 Å². The van der Waals surface area contributed by atoms with Gasteiger partial charge in [0.15, 0.2) is 0 Å². The molecule has 22 heavy (non-hydrogen) atoms. The molecule has 0 saturated carbocycles. The number of aromatic nitrogens is 2. The van der Waals surface area contributed by atoms with E-state index in [2.05, 4.69) is 9.72 Å². The number of carbonyl (C=O) groups is 1. The summed E-state index contributed by atoms with van der Waals surface area (Å²) in [6.45, 7) is 0.119. The maximum Gasteiger partial charge on any atom is 0.508 e. The fourth-order valence-corrected chi connectivity index (χ4v) is 2.43. The van der Waals surface area contributed by atoms with Gasteiger partial charge in [0.1, 0.15) is 12.3 Å². The van der Waals surface area contributed by atoms with Crippen molar-refractivity contribution >= 4 is 23.4 Å². The van der Waals surface area contributed by atoms with E-state index in [1.165, 1.54) is 7.11 Å². The molecule has 0 N–H and O–H groups in total. The van der Waals surface area contributed by atoms with Gasteiger partial charge in [0, 0.05) is 34.7 Å². The predicted octanol–water partition coefficient (Wildman–Crippen LogP) is 3.94. The number of ether oxygens (including phenoxy) is 2. The highest BCUT2D eigenvalue weighted by Gasteiger charge is 2.10. The van der Waals surface area contributed by atoms with Crippen LogP contribution in [0, 0.1) is 0 Å². The first-order valence-electron chi connectivity index (χ1n) is 6.59. The molecule has 0 aliphatic rings. The Bertz CT molecular complexity index is 829. The first-order chi connectivity index (χ1) is 10.7. The number of rotatable bonds is 3. The van der Waals surface area contributed by atoms with Crippen LogP contribution in [-0.2, 0) is 16.1 Å². The SMILES string of the molecule is COC(=O)OCc1cc(-c2cccc(Cl)c2)c2nccn2c1. The zero-order valence-electron chi connectivity index (χ0n) is 11.8. The fraction of sp³-hybridized carbons (Fsp3) is 0.125. The van der Waals surface area contributed by atoms with Gasteiger partial charge in [-0.3, -0.25) is 0 Å². The van der Waals surface area contributed by atoms with Crippen LogP contribution in [0.5, 0.6) is 0 Å². The van der Waals surface area contributed by atoms with Crippen molar-refractivity contribution in [2.75, 3.05) is 7.11 Å². The summed E-state index contributed by atoms with van der Waals surface area (Å²) in [4.78, 5) is 15.5. The van der Waals surface area contributed by atoms with Crippen molar-refractivity contribution in [2.45, 2.75) is 6.61 Å². The lowest BCUT2D eigenvalue weighted by molar-refractivity contribution is 0.0668. The average Bonchev–Trinajstić information content (AvgIpc) is 3.00. The summed E-state index contributed by atoms with van der Waals surface area (Å²) < 4.78 is 11.4. The summed E-state index contributed by atoms with van der Waals surface area (Å²) in [5, 5.41) is 0.651. The number of methoxy groups -OCH3 is 1. The number of fused-ring (bicyclic) bond motifs is 1. The molecule has 0 amide bonds. The summed E-state index contributed by atoms with van der Waals surface area (Å²) in [5.74, 6) is 0. The highest BCUT2D eigenvalue weighted by Crippen LogP contribution is 2.27. The van der Waals surface area contributed by atoms with Gasteiger partial charge in [-0.1, -0.05) is 23.7 Å². The van der Waals surface area contributed by atoms with Gasteiger partial charge in [-0.2, -0.15) is 0 Å². The number of hydrogen-bond donors (Lipinski definition) is 0. The minimum Gasteiger partial charge on any atom is -0.438 e. The lowest BCUT2D eigenvalue weighted by atomic mass is 10.1. The molecule has 2 heterocycles. The van der Waals surface area contributed by atoms with E-state index >= 15 is 0 Å². The Morgan fingerprint density at radius 2 is 2.23 bits per heavy atom. The second-order valence-electron chi connectivity index (χ2n) is 4.67. The standard InChI is InChI=1S/C16H13ClN2O3/c1-21-16(20)22-10-11-7-14(12-3-2-4-13(17)8-12)15-18-5-6-19(15)9-11/h2-9H,10H2,1H3. The van der Waals surface area contributed by atoms with Crippen LogP contribution in [0.1, 0.15) is 5.56 Å². The zero-order chi connectivity index (χ0) is 15.5. The second-order valence-corrected chi connectivity index (χ2v) is 5.11. The molecule has 0 bridgehead atoms. The van der Waals surface area contributed by atoms with Crippen molar-refractivity contribution in [1.29, 1.82) is 0 Å². The molecule has 5 nitrogen and oxygen atoms in total. The Hall–Kier alpha value is -2.53. The lowest BCUT2D eigenvalue weighted by Gasteiger charge is -2.09. The van der Waals surface area contributed by atoms with E-state index < -0.39 is 6.16 Å². The maximum atomic E-state index is 11.1. The van der Waals surface area contributed by atoms with Crippen LogP contribution < -0.4 is 0 Å². The van der Waals surface area contributed by atoms with Crippen molar-refractivity contribution in [1.82, 2.24) is 9.38 Å². The lowest BCUT2D eigenvalue weighted by Crippen LogP contribution is -2.05. The van der Waals surface area contributed by atoms with Crippen molar-refractivity contribution in [2.24, 2.45) is 0 Å². The Morgan fingerprint density at radius 3 is 3.00 bits per heavy atom. The van der Waals surface area contributed by atoms with Crippen LogP contribution in [0.2, 0.25) is 5.02 Å². The van der Waals surface area contributed by atoms with E-state index in [9.17, 15) is 4.79 Å². The number of hydrogen-bond acceptors (Lipinski definition) is 4. The van der Waals surface area contributed by atoms with Crippen LogP contribution >= 0.6 is 11.6 Å². The number of imidazole rings is 1. The number of pyridine rings is 1. The van der Waals surface area contributed by atoms with Gasteiger partial charge < -0.3 is 13.9 Å². The monoisotopic (exact) mass is 316 g/mol. The van der Waals surface area contributed by atoms with Crippen molar-refractivity contribution in [3.63, 3.8) is 0 Å². The van der Waals surface area contributed by atoms with Gasteiger partial charge in [0.2, 0.25) is 0 Å². The van der Waals surface area contributed by atoms with E-state index in [0.717, 1.165) is 22.3 Å². The minimum absolute atomic E-state index is 0.119. The van der Waals surface area contributed by atoms with E-state index in [4.69, 9.17) is 16.3 Å². The average molecular weight is 317 g/mol. The van der Waals surface area contributed by atoms with E-state index in [1.54, 1.807) is 6.20 Å². The fourth-order valence-electron chi connectivity index (χ4n) is 2.24. The first kappa shape index (κ1) is 14.4.